The molecule has 37 heavy (non-hydrogen) atoms. The zero-order chi connectivity index (χ0) is 26.1. The highest BCUT2D eigenvalue weighted by Crippen LogP contribution is 2.37. The third-order valence-electron chi connectivity index (χ3n) is 7.54. The summed E-state index contributed by atoms with van der Waals surface area (Å²) in [6.45, 7) is 6.37. The lowest BCUT2D eigenvalue weighted by Gasteiger charge is -2.35. The Morgan fingerprint density at radius 1 is 1.16 bits per heavy atom. The van der Waals surface area contributed by atoms with Gasteiger partial charge >= 0.3 is 0 Å². The molecule has 3 N–H and O–H groups in total. The molecule has 8 nitrogen and oxygen atoms in total. The molecule has 0 aliphatic heterocycles. The third-order valence-corrected chi connectivity index (χ3v) is 7.54. The number of nitrogens with zero attached hydrogens (tertiary/aromatic N) is 2. The molecule has 9 heteroatoms. The van der Waals surface area contributed by atoms with Crippen molar-refractivity contribution in [3.8, 4) is 17.0 Å². The molecule has 3 aromatic rings. The number of fused-ring (bicyclic) bond motifs is 1. The van der Waals surface area contributed by atoms with E-state index in [0.717, 1.165) is 32.1 Å². The molecular formula is C28H34FN5O3. The Labute approximate surface area is 215 Å². The van der Waals surface area contributed by atoms with Crippen molar-refractivity contribution in [3.05, 3.63) is 41.6 Å². The van der Waals surface area contributed by atoms with Gasteiger partial charge in [0.1, 0.15) is 29.1 Å². The predicted octanol–water partition coefficient (Wildman–Crippen LogP) is 4.67. The van der Waals surface area contributed by atoms with Gasteiger partial charge in [0.25, 0.3) is 5.91 Å². The molecule has 0 bridgehead atoms. The van der Waals surface area contributed by atoms with Crippen molar-refractivity contribution in [3.63, 3.8) is 0 Å². The SMILES string of the molecule is CCC(=O)N[C@@H]1CC[C@@H](NC(=O)c2c(C)[nH]c3c(-c4cc(F)ccc4OCC4CC4)ncnc23)[C@H](C)C1. The Morgan fingerprint density at radius 2 is 1.97 bits per heavy atom. The number of amides is 2. The summed E-state index contributed by atoms with van der Waals surface area (Å²) in [5, 5.41) is 6.27. The van der Waals surface area contributed by atoms with E-state index >= 15 is 0 Å². The average molecular weight is 508 g/mol. The Kier molecular flexibility index (Phi) is 7.13. The molecule has 0 saturated heterocycles. The first-order valence-electron chi connectivity index (χ1n) is 13.2. The number of aryl methyl sites for hydroxylation is 1. The van der Waals surface area contributed by atoms with Gasteiger partial charge < -0.3 is 20.4 Å². The summed E-state index contributed by atoms with van der Waals surface area (Å²) < 4.78 is 20.3. The Hall–Kier alpha value is -3.49. The minimum Gasteiger partial charge on any atom is -0.493 e. The fraction of sp³-hybridized carbons (Fsp3) is 0.500. The van der Waals surface area contributed by atoms with Crippen molar-refractivity contribution in [2.45, 2.75) is 71.4 Å². The van der Waals surface area contributed by atoms with E-state index in [4.69, 9.17) is 4.74 Å². The number of hydrogen-bond acceptors (Lipinski definition) is 5. The molecule has 2 aliphatic carbocycles. The molecule has 2 amide bonds. The molecule has 2 fully saturated rings. The second-order valence-corrected chi connectivity index (χ2v) is 10.5. The molecule has 2 saturated carbocycles. The number of halogens is 1. The van der Waals surface area contributed by atoms with Crippen molar-refractivity contribution in [2.75, 3.05) is 6.61 Å². The summed E-state index contributed by atoms with van der Waals surface area (Å²) in [6.07, 6.45) is 6.60. The lowest BCUT2D eigenvalue weighted by molar-refractivity contribution is -0.121. The van der Waals surface area contributed by atoms with Gasteiger partial charge in [-0.1, -0.05) is 13.8 Å². The summed E-state index contributed by atoms with van der Waals surface area (Å²) in [6, 6.07) is 4.57. The summed E-state index contributed by atoms with van der Waals surface area (Å²) in [5.41, 5.74) is 3.23. The highest BCUT2D eigenvalue weighted by molar-refractivity contribution is 6.09. The average Bonchev–Trinajstić information content (AvgIpc) is 3.64. The van der Waals surface area contributed by atoms with Gasteiger partial charge in [-0.3, -0.25) is 9.59 Å². The first kappa shape index (κ1) is 25.2. The van der Waals surface area contributed by atoms with Gasteiger partial charge in [0, 0.05) is 29.8 Å². The number of carbonyl (C=O) groups is 2. The monoisotopic (exact) mass is 507 g/mol. The maximum atomic E-state index is 14.3. The molecule has 0 radical (unpaired) electrons. The number of H-pyrrole nitrogens is 1. The number of aromatic amines is 1. The lowest BCUT2D eigenvalue weighted by Crippen LogP contribution is -2.48. The number of aromatic nitrogens is 3. The first-order chi connectivity index (χ1) is 17.8. The van der Waals surface area contributed by atoms with Gasteiger partial charge in [0.15, 0.2) is 0 Å². The van der Waals surface area contributed by atoms with Crippen molar-refractivity contribution >= 4 is 22.8 Å². The second-order valence-electron chi connectivity index (χ2n) is 10.5. The summed E-state index contributed by atoms with van der Waals surface area (Å²) in [4.78, 5) is 37.4. The van der Waals surface area contributed by atoms with Crippen molar-refractivity contribution in [2.24, 2.45) is 11.8 Å². The largest absolute Gasteiger partial charge is 0.493 e. The predicted molar refractivity (Wildman–Crippen MR) is 139 cm³/mol. The fourth-order valence-corrected chi connectivity index (χ4v) is 5.22. The molecule has 2 heterocycles. The number of nitrogens with one attached hydrogen (secondary N) is 3. The number of ether oxygens (including phenoxy) is 1. The van der Waals surface area contributed by atoms with Crippen LogP contribution in [-0.2, 0) is 4.79 Å². The highest BCUT2D eigenvalue weighted by atomic mass is 19.1. The van der Waals surface area contributed by atoms with Crippen molar-refractivity contribution < 1.29 is 18.7 Å². The topological polar surface area (TPSA) is 109 Å². The highest BCUT2D eigenvalue weighted by Gasteiger charge is 2.31. The van der Waals surface area contributed by atoms with Crippen LogP contribution in [0.5, 0.6) is 5.75 Å². The minimum absolute atomic E-state index is 0.00131. The Bertz CT molecular complexity index is 1320. The van der Waals surface area contributed by atoms with Crippen LogP contribution in [0.2, 0.25) is 0 Å². The van der Waals surface area contributed by atoms with Crippen LogP contribution in [0.1, 0.15) is 68.4 Å². The van der Waals surface area contributed by atoms with Crippen molar-refractivity contribution in [1.29, 1.82) is 0 Å². The number of benzene rings is 1. The van der Waals surface area contributed by atoms with Crippen molar-refractivity contribution in [1.82, 2.24) is 25.6 Å². The molecular weight excluding hydrogens is 473 g/mol. The van der Waals surface area contributed by atoms with Crippen LogP contribution in [0, 0.1) is 24.6 Å². The van der Waals surface area contributed by atoms with E-state index in [-0.39, 0.29) is 35.6 Å². The Balaban J connectivity index is 1.39. The van der Waals surface area contributed by atoms with E-state index in [1.165, 1.54) is 18.5 Å². The third kappa shape index (κ3) is 5.45. The molecule has 1 aromatic carbocycles. The first-order valence-corrected chi connectivity index (χ1v) is 13.2. The van der Waals surface area contributed by atoms with Gasteiger partial charge in [0.2, 0.25) is 5.91 Å². The number of hydrogen-bond donors (Lipinski definition) is 3. The second kappa shape index (κ2) is 10.5. The van der Waals surface area contributed by atoms with Gasteiger partial charge in [-0.2, -0.15) is 0 Å². The van der Waals surface area contributed by atoms with Crippen LogP contribution >= 0.6 is 0 Å². The Morgan fingerprint density at radius 3 is 2.70 bits per heavy atom. The van der Waals surface area contributed by atoms with E-state index in [1.807, 2.05) is 13.8 Å². The van der Waals surface area contributed by atoms with E-state index in [2.05, 4.69) is 32.5 Å². The lowest BCUT2D eigenvalue weighted by atomic mass is 9.82. The van der Waals surface area contributed by atoms with E-state index in [9.17, 15) is 14.0 Å². The summed E-state index contributed by atoms with van der Waals surface area (Å²) in [5.74, 6) is 0.796. The molecule has 2 aliphatic rings. The summed E-state index contributed by atoms with van der Waals surface area (Å²) >= 11 is 0. The molecule has 5 rings (SSSR count). The smallest absolute Gasteiger partial charge is 0.255 e. The quantitative estimate of drug-likeness (QED) is 0.410. The van der Waals surface area contributed by atoms with E-state index in [1.54, 1.807) is 6.07 Å². The van der Waals surface area contributed by atoms with Crippen LogP contribution in [0.3, 0.4) is 0 Å². The van der Waals surface area contributed by atoms with E-state index in [0.29, 0.717) is 58.2 Å². The van der Waals surface area contributed by atoms with Crippen LogP contribution < -0.4 is 15.4 Å². The molecule has 196 valence electrons. The van der Waals surface area contributed by atoms with Gasteiger partial charge in [-0.25, -0.2) is 14.4 Å². The standard InChI is InChI=1S/C28H34FN5O3/c1-4-23(35)33-19-8-9-21(15(2)11-19)34-28(36)24-16(3)32-27-25(30-14-31-26(24)27)20-12-18(29)7-10-22(20)37-13-17-5-6-17/h7,10,12,14-15,17,19,21,32H,4-6,8-9,11,13H2,1-3H3,(H,33,35)(H,34,36)/t15-,19-,21-/m1/s1. The van der Waals surface area contributed by atoms with Crippen LogP contribution in [0.4, 0.5) is 4.39 Å². The number of carbonyl (C=O) groups excluding carboxylic acids is 2. The molecule has 3 atom stereocenters. The van der Waals surface area contributed by atoms with Gasteiger partial charge in [0.05, 0.1) is 17.7 Å². The van der Waals surface area contributed by atoms with Crippen LogP contribution in [0.15, 0.2) is 24.5 Å². The number of rotatable bonds is 8. The van der Waals surface area contributed by atoms with E-state index < -0.39 is 0 Å². The maximum Gasteiger partial charge on any atom is 0.255 e. The zero-order valence-corrected chi connectivity index (χ0v) is 21.6. The van der Waals surface area contributed by atoms with Crippen LogP contribution in [0.25, 0.3) is 22.3 Å². The van der Waals surface area contributed by atoms with Gasteiger partial charge in [-0.15, -0.1) is 0 Å². The minimum atomic E-state index is -0.388. The zero-order valence-electron chi connectivity index (χ0n) is 21.6. The molecule has 2 aromatic heterocycles. The fourth-order valence-electron chi connectivity index (χ4n) is 5.22. The summed E-state index contributed by atoms with van der Waals surface area (Å²) in [7, 11) is 0. The van der Waals surface area contributed by atoms with Gasteiger partial charge in [-0.05, 0) is 69.1 Å². The maximum absolute atomic E-state index is 14.3. The normalized spacial score (nSPS) is 21.6. The van der Waals surface area contributed by atoms with Crippen LogP contribution in [-0.4, -0.2) is 45.5 Å². The molecule has 0 unspecified atom stereocenters. The molecule has 0 spiro atoms.